The Morgan fingerprint density at radius 3 is 2.77 bits per heavy atom. The number of hydrogen-bond donors (Lipinski definition) is 0. The number of likely N-dealkylation sites (tertiary alicyclic amines) is 1. The van der Waals surface area contributed by atoms with Crippen LogP contribution in [0.25, 0.3) is 0 Å². The highest BCUT2D eigenvalue weighted by Gasteiger charge is 2.44. The first-order chi connectivity index (χ1) is 12.7. The largest absolute Gasteiger partial charge is 0.372 e. The number of aryl methyl sites for hydroxylation is 1. The van der Waals surface area contributed by atoms with Gasteiger partial charge in [0.05, 0.1) is 24.9 Å². The summed E-state index contributed by atoms with van der Waals surface area (Å²) in [4.78, 5) is 18.6. The van der Waals surface area contributed by atoms with E-state index in [4.69, 9.17) is 9.47 Å². The number of amides is 1. The van der Waals surface area contributed by atoms with E-state index >= 15 is 0 Å². The number of piperidine rings is 1. The fourth-order valence-electron chi connectivity index (χ4n) is 3.91. The number of carbonyl (C=O) groups excluding carboxylic acids is 1. The summed E-state index contributed by atoms with van der Waals surface area (Å²) in [5.41, 5.74) is 1.74. The second kappa shape index (κ2) is 7.21. The van der Waals surface area contributed by atoms with Gasteiger partial charge in [0.1, 0.15) is 5.69 Å². The van der Waals surface area contributed by atoms with Crippen molar-refractivity contribution >= 4 is 5.91 Å². The molecule has 4 heterocycles. The van der Waals surface area contributed by atoms with Crippen LogP contribution in [-0.4, -0.2) is 51.8 Å². The fourth-order valence-corrected chi connectivity index (χ4v) is 3.91. The first-order valence-electron chi connectivity index (χ1n) is 9.20. The summed E-state index contributed by atoms with van der Waals surface area (Å²) in [5, 5.41) is 0. The number of carbonyl (C=O) groups is 1. The molecule has 0 aromatic carbocycles. The Morgan fingerprint density at radius 1 is 1.31 bits per heavy atom. The highest BCUT2D eigenvalue weighted by molar-refractivity contribution is 5.92. The first-order valence-corrected chi connectivity index (χ1v) is 9.20. The lowest BCUT2D eigenvalue weighted by atomic mass is 9.88. The van der Waals surface area contributed by atoms with Crippen LogP contribution in [0.1, 0.15) is 35.3 Å². The van der Waals surface area contributed by atoms with Crippen LogP contribution in [-0.2, 0) is 23.1 Å². The SMILES string of the molecule is Cn1cccc1C(=O)N1CCC2(CC1)CC(OCc1ccncc1)CO2. The molecule has 0 bridgehead atoms. The molecule has 6 nitrogen and oxygen atoms in total. The summed E-state index contributed by atoms with van der Waals surface area (Å²) in [5.74, 6) is 0.107. The molecule has 1 atom stereocenters. The van der Waals surface area contributed by atoms with Gasteiger partial charge in [0.2, 0.25) is 0 Å². The lowest BCUT2D eigenvalue weighted by Crippen LogP contribution is -2.47. The maximum Gasteiger partial charge on any atom is 0.270 e. The van der Waals surface area contributed by atoms with E-state index in [-0.39, 0.29) is 17.6 Å². The predicted octanol–water partition coefficient (Wildman–Crippen LogP) is 2.40. The number of hydrogen-bond acceptors (Lipinski definition) is 4. The third-order valence-corrected chi connectivity index (χ3v) is 5.53. The van der Waals surface area contributed by atoms with Crippen LogP contribution in [0.15, 0.2) is 42.9 Å². The van der Waals surface area contributed by atoms with E-state index in [9.17, 15) is 4.79 Å². The third kappa shape index (κ3) is 3.52. The minimum Gasteiger partial charge on any atom is -0.372 e. The molecule has 2 aliphatic rings. The minimum absolute atomic E-state index is 0.107. The molecule has 0 aliphatic carbocycles. The van der Waals surface area contributed by atoms with Gasteiger partial charge in [0.25, 0.3) is 5.91 Å². The van der Waals surface area contributed by atoms with Crippen LogP contribution in [0.3, 0.4) is 0 Å². The van der Waals surface area contributed by atoms with Crippen molar-refractivity contribution in [2.45, 2.75) is 37.6 Å². The zero-order valence-electron chi connectivity index (χ0n) is 15.1. The van der Waals surface area contributed by atoms with Gasteiger partial charge in [-0.05, 0) is 42.7 Å². The van der Waals surface area contributed by atoms with Crippen LogP contribution in [0.4, 0.5) is 0 Å². The molecule has 0 N–H and O–H groups in total. The number of pyridine rings is 1. The van der Waals surface area contributed by atoms with E-state index in [1.54, 1.807) is 12.4 Å². The summed E-state index contributed by atoms with van der Waals surface area (Å²) < 4.78 is 14.0. The van der Waals surface area contributed by atoms with Crippen LogP contribution >= 0.6 is 0 Å². The van der Waals surface area contributed by atoms with E-state index in [1.807, 2.05) is 47.0 Å². The Kier molecular flexibility index (Phi) is 4.78. The van der Waals surface area contributed by atoms with E-state index < -0.39 is 0 Å². The molecule has 1 spiro atoms. The fraction of sp³-hybridized carbons (Fsp3) is 0.500. The molecule has 26 heavy (non-hydrogen) atoms. The zero-order valence-corrected chi connectivity index (χ0v) is 15.1. The van der Waals surface area contributed by atoms with Gasteiger partial charge < -0.3 is 18.9 Å². The monoisotopic (exact) mass is 355 g/mol. The smallest absolute Gasteiger partial charge is 0.270 e. The summed E-state index contributed by atoms with van der Waals surface area (Å²) in [6, 6.07) is 7.73. The molecule has 0 radical (unpaired) electrons. The van der Waals surface area contributed by atoms with E-state index in [2.05, 4.69) is 4.98 Å². The average Bonchev–Trinajstić information content (AvgIpc) is 3.27. The molecule has 2 aromatic rings. The first kappa shape index (κ1) is 17.2. The van der Waals surface area contributed by atoms with Gasteiger partial charge in [-0.15, -0.1) is 0 Å². The van der Waals surface area contributed by atoms with Crippen molar-refractivity contribution in [1.29, 1.82) is 0 Å². The summed E-state index contributed by atoms with van der Waals surface area (Å²) in [7, 11) is 1.91. The van der Waals surface area contributed by atoms with E-state index in [0.717, 1.165) is 43.6 Å². The molecular formula is C20H25N3O3. The van der Waals surface area contributed by atoms with Crippen LogP contribution < -0.4 is 0 Å². The number of rotatable bonds is 4. The van der Waals surface area contributed by atoms with Gasteiger partial charge in [-0.1, -0.05) is 0 Å². The molecular weight excluding hydrogens is 330 g/mol. The number of nitrogens with zero attached hydrogens (tertiary/aromatic N) is 3. The van der Waals surface area contributed by atoms with E-state index in [0.29, 0.717) is 13.2 Å². The van der Waals surface area contributed by atoms with E-state index in [1.165, 1.54) is 0 Å². The minimum atomic E-state index is -0.131. The molecule has 1 unspecified atom stereocenters. The molecule has 2 saturated heterocycles. The van der Waals surface area contributed by atoms with Gasteiger partial charge in [0.15, 0.2) is 0 Å². The zero-order chi connectivity index (χ0) is 18.0. The normalized spacial score (nSPS) is 22.0. The van der Waals surface area contributed by atoms with Crippen molar-refractivity contribution in [3.8, 4) is 0 Å². The Hall–Kier alpha value is -2.18. The molecule has 0 saturated carbocycles. The molecule has 2 aliphatic heterocycles. The Bertz CT molecular complexity index is 751. The average molecular weight is 355 g/mol. The molecule has 138 valence electrons. The Balaban J connectivity index is 1.29. The molecule has 6 heteroatoms. The van der Waals surface area contributed by atoms with Gasteiger partial charge in [-0.25, -0.2) is 0 Å². The van der Waals surface area contributed by atoms with Gasteiger partial charge in [0, 0.05) is 45.1 Å². The second-order valence-electron chi connectivity index (χ2n) is 7.28. The summed E-state index contributed by atoms with van der Waals surface area (Å²) in [6.07, 6.45) is 8.25. The van der Waals surface area contributed by atoms with Crippen molar-refractivity contribution in [2.75, 3.05) is 19.7 Å². The Morgan fingerprint density at radius 2 is 2.08 bits per heavy atom. The van der Waals surface area contributed by atoms with Crippen LogP contribution in [0.5, 0.6) is 0 Å². The molecule has 4 rings (SSSR count). The highest BCUT2D eigenvalue weighted by Crippen LogP contribution is 2.37. The summed E-state index contributed by atoms with van der Waals surface area (Å²) in [6.45, 7) is 2.70. The predicted molar refractivity (Wildman–Crippen MR) is 96.7 cm³/mol. The highest BCUT2D eigenvalue weighted by atomic mass is 16.6. The molecule has 2 fully saturated rings. The second-order valence-corrected chi connectivity index (χ2v) is 7.28. The lowest BCUT2D eigenvalue weighted by molar-refractivity contribution is -0.0413. The number of ether oxygens (including phenoxy) is 2. The van der Waals surface area contributed by atoms with Crippen molar-refractivity contribution < 1.29 is 14.3 Å². The lowest BCUT2D eigenvalue weighted by Gasteiger charge is -2.38. The van der Waals surface area contributed by atoms with Crippen LogP contribution in [0, 0.1) is 0 Å². The van der Waals surface area contributed by atoms with Crippen molar-refractivity contribution in [3.63, 3.8) is 0 Å². The third-order valence-electron chi connectivity index (χ3n) is 5.53. The van der Waals surface area contributed by atoms with Crippen molar-refractivity contribution in [1.82, 2.24) is 14.5 Å². The standard InChI is InChI=1S/C20H25N3O3/c1-22-10-2-3-18(22)19(24)23-11-6-20(7-12-23)13-17(15-26-20)25-14-16-4-8-21-9-5-16/h2-5,8-10,17H,6-7,11-15H2,1H3. The summed E-state index contributed by atoms with van der Waals surface area (Å²) >= 11 is 0. The van der Waals surface area contributed by atoms with Gasteiger partial charge in [-0.3, -0.25) is 9.78 Å². The van der Waals surface area contributed by atoms with Crippen LogP contribution in [0.2, 0.25) is 0 Å². The topological polar surface area (TPSA) is 56.6 Å². The maximum atomic E-state index is 12.6. The maximum absolute atomic E-state index is 12.6. The Labute approximate surface area is 153 Å². The molecule has 1 amide bonds. The van der Waals surface area contributed by atoms with Crippen molar-refractivity contribution in [3.05, 3.63) is 54.1 Å². The van der Waals surface area contributed by atoms with Gasteiger partial charge >= 0.3 is 0 Å². The number of aromatic nitrogens is 2. The van der Waals surface area contributed by atoms with Crippen molar-refractivity contribution in [2.24, 2.45) is 7.05 Å². The molecule has 2 aromatic heterocycles. The quantitative estimate of drug-likeness (QED) is 0.845. The van der Waals surface area contributed by atoms with Gasteiger partial charge in [-0.2, -0.15) is 0 Å².